The second-order valence-electron chi connectivity index (χ2n) is 7.51. The van der Waals surface area contributed by atoms with Crippen LogP contribution in [0.25, 0.3) is 22.1 Å². The Morgan fingerprint density at radius 3 is 1.48 bits per heavy atom. The molecule has 0 spiro atoms. The molecule has 150 valence electrons. The van der Waals surface area contributed by atoms with Crippen LogP contribution in [0.4, 0.5) is 11.9 Å². The van der Waals surface area contributed by atoms with E-state index in [1.54, 1.807) is 0 Å². The zero-order valence-corrected chi connectivity index (χ0v) is 17.1. The lowest BCUT2D eigenvalue weighted by molar-refractivity contribution is 0.939. The second kappa shape index (κ2) is 6.63. The fourth-order valence-electron chi connectivity index (χ4n) is 3.98. The number of nitrogens with zero attached hydrogens (tertiary/aromatic N) is 6. The van der Waals surface area contributed by atoms with E-state index in [0.717, 1.165) is 44.9 Å². The van der Waals surface area contributed by atoms with E-state index in [9.17, 15) is 0 Å². The van der Waals surface area contributed by atoms with Gasteiger partial charge in [-0.05, 0) is 24.3 Å². The number of aliphatic imine (C=N–C) groups is 2. The molecular formula is C24H19N7. The summed E-state index contributed by atoms with van der Waals surface area (Å²) in [6, 6.07) is 24.1. The summed E-state index contributed by atoms with van der Waals surface area (Å²) in [7, 11) is 3.95. The van der Waals surface area contributed by atoms with E-state index in [1.807, 2.05) is 96.0 Å². The average Bonchev–Trinajstić information content (AvgIpc) is 3.42. The standard InChI is InChI=1S/C24H19N7/c1-30-19-13-7-5-11-17(19)25-23(30)28-21-15-9-3-4-10-16(15)22(27-21)29-24-26-18-12-6-8-14-20(18)31(24)2/h3-14H,1-2H3,(H,25,26,27,28,29). The fraction of sp³-hybridized carbons (Fsp3) is 0.0833. The number of hydrogen-bond acceptors (Lipinski definition) is 4. The van der Waals surface area contributed by atoms with Gasteiger partial charge in [0.15, 0.2) is 0 Å². The highest BCUT2D eigenvalue weighted by atomic mass is 15.2. The minimum atomic E-state index is 0.641. The van der Waals surface area contributed by atoms with E-state index >= 15 is 0 Å². The topological polar surface area (TPSA) is 72.4 Å². The molecule has 0 fully saturated rings. The van der Waals surface area contributed by atoms with Crippen LogP contribution in [0.5, 0.6) is 0 Å². The summed E-state index contributed by atoms with van der Waals surface area (Å²) in [5.74, 6) is 2.74. The molecule has 7 heteroatoms. The SMILES string of the molecule is Cn1c(/N=C2\N/C(=N/c3nc4ccccc4n3C)c3ccccc32)nc2ccccc21. The van der Waals surface area contributed by atoms with Crippen LogP contribution in [0.3, 0.4) is 0 Å². The smallest absolute Gasteiger partial charge is 0.232 e. The van der Waals surface area contributed by atoms with Crippen molar-refractivity contribution in [3.05, 3.63) is 83.9 Å². The molecule has 5 aromatic rings. The normalized spacial score (nSPS) is 15.8. The highest BCUT2D eigenvalue weighted by Gasteiger charge is 2.24. The zero-order valence-electron chi connectivity index (χ0n) is 17.1. The lowest BCUT2D eigenvalue weighted by Gasteiger charge is -2.02. The van der Waals surface area contributed by atoms with Gasteiger partial charge in [-0.15, -0.1) is 0 Å². The van der Waals surface area contributed by atoms with Gasteiger partial charge in [0.05, 0.1) is 22.1 Å². The summed E-state index contributed by atoms with van der Waals surface area (Å²) in [6.07, 6.45) is 0. The molecule has 1 aliphatic rings. The zero-order chi connectivity index (χ0) is 20.9. The van der Waals surface area contributed by atoms with E-state index in [2.05, 4.69) is 15.3 Å². The van der Waals surface area contributed by atoms with Crippen LogP contribution < -0.4 is 5.32 Å². The number of fused-ring (bicyclic) bond motifs is 3. The number of imidazole rings is 2. The van der Waals surface area contributed by atoms with Gasteiger partial charge in [0.25, 0.3) is 0 Å². The number of amidine groups is 2. The Bertz CT molecular complexity index is 1420. The third-order valence-corrected chi connectivity index (χ3v) is 5.62. The molecular weight excluding hydrogens is 386 g/mol. The van der Waals surface area contributed by atoms with Crippen molar-refractivity contribution in [3.8, 4) is 0 Å². The lowest BCUT2D eigenvalue weighted by atomic mass is 10.1. The summed E-state index contributed by atoms with van der Waals surface area (Å²) < 4.78 is 3.99. The van der Waals surface area contributed by atoms with Crippen LogP contribution in [-0.2, 0) is 14.1 Å². The van der Waals surface area contributed by atoms with Crippen LogP contribution in [-0.4, -0.2) is 30.8 Å². The molecule has 0 saturated carbocycles. The molecule has 31 heavy (non-hydrogen) atoms. The molecule has 0 bridgehead atoms. The first-order chi connectivity index (χ1) is 15.2. The Balaban J connectivity index is 1.47. The Morgan fingerprint density at radius 1 is 0.613 bits per heavy atom. The van der Waals surface area contributed by atoms with Crippen LogP contribution in [0.15, 0.2) is 82.8 Å². The Morgan fingerprint density at radius 2 is 1.03 bits per heavy atom. The van der Waals surface area contributed by atoms with Gasteiger partial charge in [0.1, 0.15) is 11.7 Å². The number of nitrogens with one attached hydrogen (secondary N) is 1. The summed E-state index contributed by atoms with van der Waals surface area (Å²) in [5, 5.41) is 3.39. The molecule has 0 saturated heterocycles. The van der Waals surface area contributed by atoms with Crippen molar-refractivity contribution in [1.29, 1.82) is 0 Å². The third kappa shape index (κ3) is 2.74. The molecule has 1 N–H and O–H groups in total. The van der Waals surface area contributed by atoms with Crippen molar-refractivity contribution in [1.82, 2.24) is 24.4 Å². The van der Waals surface area contributed by atoms with Crippen molar-refractivity contribution in [3.63, 3.8) is 0 Å². The first-order valence-electron chi connectivity index (χ1n) is 10.1. The average molecular weight is 405 g/mol. The summed E-state index contributed by atoms with van der Waals surface area (Å²) in [5.41, 5.74) is 5.91. The van der Waals surface area contributed by atoms with Gasteiger partial charge in [-0.25, -0.2) is 9.97 Å². The van der Waals surface area contributed by atoms with Crippen LogP contribution >= 0.6 is 0 Å². The van der Waals surface area contributed by atoms with Gasteiger partial charge in [0, 0.05) is 25.2 Å². The van der Waals surface area contributed by atoms with Gasteiger partial charge >= 0.3 is 0 Å². The summed E-state index contributed by atoms with van der Waals surface area (Å²) in [6.45, 7) is 0. The van der Waals surface area contributed by atoms with Crippen LogP contribution in [0, 0.1) is 0 Å². The number of hydrogen-bond donors (Lipinski definition) is 1. The molecule has 7 nitrogen and oxygen atoms in total. The van der Waals surface area contributed by atoms with Crippen molar-refractivity contribution in [2.24, 2.45) is 24.1 Å². The van der Waals surface area contributed by atoms with E-state index in [4.69, 9.17) is 9.98 Å². The van der Waals surface area contributed by atoms with Crippen molar-refractivity contribution >= 4 is 45.6 Å². The van der Waals surface area contributed by atoms with Crippen LogP contribution in [0.1, 0.15) is 11.1 Å². The predicted molar refractivity (Wildman–Crippen MR) is 123 cm³/mol. The fourth-order valence-corrected chi connectivity index (χ4v) is 3.98. The first kappa shape index (κ1) is 17.6. The molecule has 0 atom stereocenters. The number of aryl methyl sites for hydroxylation is 2. The molecule has 0 amide bonds. The maximum atomic E-state index is 4.84. The van der Waals surface area contributed by atoms with E-state index < -0.39 is 0 Å². The first-order valence-corrected chi connectivity index (χ1v) is 10.1. The van der Waals surface area contributed by atoms with E-state index in [0.29, 0.717) is 11.9 Å². The summed E-state index contributed by atoms with van der Waals surface area (Å²) in [4.78, 5) is 19.0. The van der Waals surface area contributed by atoms with E-state index in [1.165, 1.54) is 0 Å². The van der Waals surface area contributed by atoms with Crippen LogP contribution in [0.2, 0.25) is 0 Å². The highest BCUT2D eigenvalue weighted by Crippen LogP contribution is 2.25. The number of rotatable bonds is 2. The highest BCUT2D eigenvalue weighted by molar-refractivity contribution is 6.26. The maximum Gasteiger partial charge on any atom is 0.232 e. The third-order valence-electron chi connectivity index (χ3n) is 5.62. The molecule has 2 aromatic heterocycles. The molecule has 0 radical (unpaired) electrons. The Labute approximate surface area is 178 Å². The Hall–Kier alpha value is -4.26. The Kier molecular flexibility index (Phi) is 3.76. The largest absolute Gasteiger partial charge is 0.324 e. The minimum absolute atomic E-state index is 0.641. The molecule has 1 aliphatic heterocycles. The molecule has 3 heterocycles. The number of benzene rings is 3. The van der Waals surface area contributed by atoms with Crippen molar-refractivity contribution in [2.75, 3.05) is 0 Å². The predicted octanol–water partition coefficient (Wildman–Crippen LogP) is 4.22. The van der Waals surface area contributed by atoms with Crippen molar-refractivity contribution < 1.29 is 0 Å². The second-order valence-corrected chi connectivity index (χ2v) is 7.51. The van der Waals surface area contributed by atoms with Gasteiger partial charge in [-0.2, -0.15) is 9.98 Å². The molecule has 0 unspecified atom stereocenters. The maximum absolute atomic E-state index is 4.84. The molecule has 6 rings (SSSR count). The minimum Gasteiger partial charge on any atom is -0.324 e. The number of para-hydroxylation sites is 4. The lowest BCUT2D eigenvalue weighted by Crippen LogP contribution is -2.22. The van der Waals surface area contributed by atoms with Crippen molar-refractivity contribution in [2.45, 2.75) is 0 Å². The molecule has 3 aromatic carbocycles. The van der Waals surface area contributed by atoms with Gasteiger partial charge in [0.2, 0.25) is 11.9 Å². The van der Waals surface area contributed by atoms with Gasteiger partial charge in [-0.3, -0.25) is 0 Å². The van der Waals surface area contributed by atoms with E-state index in [-0.39, 0.29) is 0 Å². The summed E-state index contributed by atoms with van der Waals surface area (Å²) >= 11 is 0. The number of aromatic nitrogens is 4. The molecule has 0 aliphatic carbocycles. The monoisotopic (exact) mass is 405 g/mol. The van der Waals surface area contributed by atoms with Gasteiger partial charge < -0.3 is 14.5 Å². The van der Waals surface area contributed by atoms with Gasteiger partial charge in [-0.1, -0.05) is 48.5 Å². The quantitative estimate of drug-likeness (QED) is 0.478.